The Kier molecular flexibility index (Phi) is 16.0. The predicted molar refractivity (Wildman–Crippen MR) is 235 cm³/mol. The lowest BCUT2D eigenvalue weighted by Crippen LogP contribution is -2.55. The zero-order valence-electron chi connectivity index (χ0n) is 36.1. The predicted octanol–water partition coefficient (Wildman–Crippen LogP) is 2.31. The molecule has 2 heterocycles. The minimum atomic E-state index is -1.34. The van der Waals surface area contributed by atoms with Crippen molar-refractivity contribution in [1.82, 2.24) is 30.6 Å². The summed E-state index contributed by atoms with van der Waals surface area (Å²) in [5, 5.41) is 12.8. The number of fused-ring (bicyclic) bond motifs is 5. The maximum Gasteiger partial charge on any atom is 0.252 e. The Balaban J connectivity index is 1.54. The molecule has 0 fully saturated rings. The molecular weight excluding hydrogens is 791 g/mol. The lowest BCUT2D eigenvalue weighted by molar-refractivity contribution is -0.141. The van der Waals surface area contributed by atoms with E-state index in [1.165, 1.54) is 25.8 Å². The standard InChI is InChI=1S/C46H57N9O7/c1-27(2)7-8-32-25-50-55(26-32)34-11-12-35(28(3)21-34)44(58)52-38(15-16-47)46(60)54(6)42-33-10-14-41(62-20-18-49)37(24-33)36-22-31(9-13-40(36)61-19-17-48)23-39(30(5)56)53-43(57)29(4)51-45(42)59/h9-14,21-22,24-27,29,38-39,42H,15-20,23,47-49H2,1-6H3,(H,51,59)(H,52,58)(H,53,57)/t29-,38-,39-,42-/m0/s1. The van der Waals surface area contributed by atoms with E-state index in [0.29, 0.717) is 50.6 Å². The summed E-state index contributed by atoms with van der Waals surface area (Å²) >= 11 is 0. The highest BCUT2D eigenvalue weighted by atomic mass is 16.5. The molecule has 1 aliphatic rings. The topological polar surface area (TPSA) is 239 Å². The molecule has 5 rings (SSSR count). The number of carbonyl (C=O) groups excluding carboxylic acids is 5. The summed E-state index contributed by atoms with van der Waals surface area (Å²) in [6.45, 7) is 9.51. The van der Waals surface area contributed by atoms with Gasteiger partial charge in [-0.15, -0.1) is 0 Å². The third-order valence-electron chi connectivity index (χ3n) is 10.3. The SMILES string of the molecule is CC(=O)[C@@H]1Cc2ccc(OCCN)c(c2)-c2cc(ccc2OCCN)[C@H](N(C)C(=O)[C@H](CCN)NC(=O)c2ccc(-n3cc(C#CC(C)C)cn3)cc2C)C(=O)N[C@@H](C)C(=O)N1. The quantitative estimate of drug-likeness (QED) is 0.101. The highest BCUT2D eigenvalue weighted by Crippen LogP contribution is 2.40. The number of nitrogens with one attached hydrogen (secondary N) is 3. The van der Waals surface area contributed by atoms with Crippen molar-refractivity contribution in [3.8, 4) is 40.2 Å². The fourth-order valence-electron chi connectivity index (χ4n) is 7.00. The Hall–Kier alpha value is -6.54. The van der Waals surface area contributed by atoms with Gasteiger partial charge in [0.05, 0.1) is 23.5 Å². The van der Waals surface area contributed by atoms with Crippen LogP contribution >= 0.6 is 0 Å². The average molecular weight is 848 g/mol. The fourth-order valence-corrected chi connectivity index (χ4v) is 7.00. The smallest absolute Gasteiger partial charge is 0.252 e. The number of aryl methyl sites for hydroxylation is 1. The Morgan fingerprint density at radius 1 is 0.935 bits per heavy atom. The summed E-state index contributed by atoms with van der Waals surface area (Å²) in [6.07, 6.45) is 3.68. The van der Waals surface area contributed by atoms with Crippen LogP contribution in [0.15, 0.2) is 67.0 Å². The van der Waals surface area contributed by atoms with Crippen molar-refractivity contribution in [2.75, 3.05) is 39.9 Å². The van der Waals surface area contributed by atoms with Crippen LogP contribution in [0.2, 0.25) is 0 Å². The van der Waals surface area contributed by atoms with Gasteiger partial charge in [0, 0.05) is 48.9 Å². The largest absolute Gasteiger partial charge is 0.492 e. The summed E-state index contributed by atoms with van der Waals surface area (Å²) in [5.74, 6) is 4.57. The van der Waals surface area contributed by atoms with Crippen LogP contribution in [0.3, 0.4) is 0 Å². The zero-order valence-corrected chi connectivity index (χ0v) is 36.1. The number of ketones is 1. The van der Waals surface area contributed by atoms with Crippen LogP contribution in [0.25, 0.3) is 16.8 Å². The van der Waals surface area contributed by atoms with Gasteiger partial charge < -0.3 is 47.5 Å². The van der Waals surface area contributed by atoms with Gasteiger partial charge in [-0.1, -0.05) is 37.8 Å². The lowest BCUT2D eigenvalue weighted by atomic mass is 9.93. The number of Topliss-reactive ketones (excluding diaryl/α,β-unsaturated/α-hetero) is 1. The van der Waals surface area contributed by atoms with Gasteiger partial charge in [0.25, 0.3) is 5.91 Å². The van der Waals surface area contributed by atoms with Crippen LogP contribution in [0.5, 0.6) is 11.5 Å². The number of hydrogen-bond acceptors (Lipinski definition) is 11. The van der Waals surface area contributed by atoms with Crippen molar-refractivity contribution in [2.24, 2.45) is 23.1 Å². The van der Waals surface area contributed by atoms with Gasteiger partial charge in [-0.3, -0.25) is 24.0 Å². The van der Waals surface area contributed by atoms with Crippen molar-refractivity contribution in [2.45, 2.75) is 71.6 Å². The van der Waals surface area contributed by atoms with E-state index in [4.69, 9.17) is 26.7 Å². The van der Waals surface area contributed by atoms with Gasteiger partial charge in [-0.25, -0.2) is 4.68 Å². The lowest BCUT2D eigenvalue weighted by Gasteiger charge is -2.32. The minimum absolute atomic E-state index is 0.0361. The highest BCUT2D eigenvalue weighted by Gasteiger charge is 2.36. The fraction of sp³-hybridized carbons (Fsp3) is 0.391. The monoisotopic (exact) mass is 847 g/mol. The summed E-state index contributed by atoms with van der Waals surface area (Å²) in [4.78, 5) is 70.5. The van der Waals surface area contributed by atoms with Crippen molar-refractivity contribution < 1.29 is 33.4 Å². The molecule has 0 saturated carbocycles. The molecule has 1 aromatic heterocycles. The summed E-state index contributed by atoms with van der Waals surface area (Å²) in [5.41, 5.74) is 22.2. The molecule has 1 aliphatic heterocycles. The molecule has 4 amide bonds. The Bertz CT molecular complexity index is 2350. The van der Waals surface area contributed by atoms with E-state index in [1.807, 2.05) is 32.2 Å². The minimum Gasteiger partial charge on any atom is -0.492 e. The second-order valence-corrected chi connectivity index (χ2v) is 15.5. The average Bonchev–Trinajstić information content (AvgIpc) is 3.72. The van der Waals surface area contributed by atoms with Crippen LogP contribution in [0.4, 0.5) is 0 Å². The van der Waals surface area contributed by atoms with Crippen molar-refractivity contribution >= 4 is 29.4 Å². The van der Waals surface area contributed by atoms with Crippen molar-refractivity contribution in [1.29, 1.82) is 0 Å². The normalized spacial score (nSPS) is 16.8. The molecule has 0 radical (unpaired) electrons. The molecule has 0 aliphatic carbocycles. The Labute approximate surface area is 362 Å². The second-order valence-electron chi connectivity index (χ2n) is 15.5. The summed E-state index contributed by atoms with van der Waals surface area (Å²) in [7, 11) is 1.45. The van der Waals surface area contributed by atoms with E-state index in [1.54, 1.807) is 60.3 Å². The van der Waals surface area contributed by atoms with Gasteiger partial charge >= 0.3 is 0 Å². The number of nitrogens with two attached hydrogens (primary N) is 3. The van der Waals surface area contributed by atoms with Gasteiger partial charge in [-0.2, -0.15) is 5.10 Å². The second kappa shape index (κ2) is 21.3. The molecule has 16 heteroatoms. The molecule has 4 bridgehead atoms. The van der Waals surface area contributed by atoms with E-state index < -0.39 is 47.8 Å². The number of ether oxygens (including phenoxy) is 2. The molecule has 4 aromatic rings. The number of nitrogens with zero attached hydrogens (tertiary/aromatic N) is 3. The molecule has 4 atom stereocenters. The van der Waals surface area contributed by atoms with Crippen LogP contribution in [0.1, 0.15) is 72.8 Å². The molecule has 0 unspecified atom stereocenters. The first kappa shape index (κ1) is 46.5. The summed E-state index contributed by atoms with van der Waals surface area (Å²) < 4.78 is 13.8. The van der Waals surface area contributed by atoms with Crippen molar-refractivity contribution in [3.05, 3.63) is 94.8 Å². The number of aromatic nitrogens is 2. The number of benzene rings is 3. The zero-order chi connectivity index (χ0) is 45.1. The van der Waals surface area contributed by atoms with Crippen LogP contribution < -0.4 is 42.6 Å². The number of hydrogen-bond donors (Lipinski definition) is 6. The van der Waals surface area contributed by atoms with Crippen LogP contribution in [0, 0.1) is 24.7 Å². The number of rotatable bonds is 14. The van der Waals surface area contributed by atoms with Crippen LogP contribution in [-0.2, 0) is 25.6 Å². The molecule has 0 saturated heterocycles. The van der Waals surface area contributed by atoms with Gasteiger partial charge in [0.1, 0.15) is 42.8 Å². The molecule has 0 spiro atoms. The number of likely N-dealkylation sites (N-methyl/N-ethyl adjacent to an activating group) is 1. The van der Waals surface area contributed by atoms with E-state index >= 15 is 0 Å². The van der Waals surface area contributed by atoms with Crippen molar-refractivity contribution in [3.63, 3.8) is 0 Å². The maximum absolute atomic E-state index is 14.6. The van der Waals surface area contributed by atoms with Gasteiger partial charge in [0.2, 0.25) is 17.7 Å². The van der Waals surface area contributed by atoms with E-state index in [-0.39, 0.29) is 57.4 Å². The third-order valence-corrected chi connectivity index (χ3v) is 10.3. The molecule has 16 nitrogen and oxygen atoms in total. The van der Waals surface area contributed by atoms with E-state index in [0.717, 1.165) is 5.56 Å². The first-order chi connectivity index (χ1) is 29.6. The molecule has 9 N–H and O–H groups in total. The van der Waals surface area contributed by atoms with E-state index in [2.05, 4.69) is 32.9 Å². The molecular formula is C46H57N9O7. The molecule has 328 valence electrons. The van der Waals surface area contributed by atoms with Crippen LogP contribution in [-0.4, -0.2) is 102 Å². The van der Waals surface area contributed by atoms with Gasteiger partial charge in [0.15, 0.2) is 5.78 Å². The first-order valence-corrected chi connectivity index (χ1v) is 20.6. The van der Waals surface area contributed by atoms with Gasteiger partial charge in [-0.05, 0) is 99.3 Å². The first-order valence-electron chi connectivity index (χ1n) is 20.6. The highest BCUT2D eigenvalue weighted by molar-refractivity contribution is 6.00. The molecule has 62 heavy (non-hydrogen) atoms. The number of amides is 4. The van der Waals surface area contributed by atoms with E-state index in [9.17, 15) is 24.0 Å². The summed E-state index contributed by atoms with van der Waals surface area (Å²) in [6, 6.07) is 11.1. The number of carbonyl (C=O) groups is 5. The Morgan fingerprint density at radius 2 is 1.61 bits per heavy atom. The molecule has 3 aromatic carbocycles. The maximum atomic E-state index is 14.6. The third kappa shape index (κ3) is 11.4. The Morgan fingerprint density at radius 3 is 2.24 bits per heavy atom.